The highest BCUT2D eigenvalue weighted by Gasteiger charge is 2.52. The van der Waals surface area contributed by atoms with Gasteiger partial charge in [0.1, 0.15) is 0 Å². The van der Waals surface area contributed by atoms with Crippen LogP contribution in [0, 0.1) is 17.8 Å². The first-order valence-corrected chi connectivity index (χ1v) is 5.66. The number of hydrogen-bond donors (Lipinski definition) is 2. The predicted octanol–water partition coefficient (Wildman–Crippen LogP) is 1.36. The fourth-order valence-corrected chi connectivity index (χ4v) is 3.00. The van der Waals surface area contributed by atoms with Crippen molar-refractivity contribution in [1.82, 2.24) is 5.32 Å². The molecule has 1 saturated heterocycles. The van der Waals surface area contributed by atoms with Gasteiger partial charge < -0.3 is 11.1 Å². The van der Waals surface area contributed by atoms with Gasteiger partial charge in [-0.1, -0.05) is 27.2 Å². The minimum Gasteiger partial charge on any atom is -0.326 e. The van der Waals surface area contributed by atoms with E-state index in [9.17, 15) is 0 Å². The molecule has 0 aromatic carbocycles. The summed E-state index contributed by atoms with van der Waals surface area (Å²) in [5.74, 6) is 2.37. The monoisotopic (exact) mass is 182 g/mol. The molecule has 0 bridgehead atoms. The van der Waals surface area contributed by atoms with Gasteiger partial charge in [0.15, 0.2) is 0 Å². The van der Waals surface area contributed by atoms with Crippen molar-refractivity contribution in [1.29, 1.82) is 0 Å². The molecule has 0 radical (unpaired) electrons. The Morgan fingerprint density at radius 1 is 1.38 bits per heavy atom. The molecular weight excluding hydrogens is 160 g/mol. The molecule has 2 heteroatoms. The minimum absolute atomic E-state index is 0.410. The van der Waals surface area contributed by atoms with Crippen LogP contribution in [-0.4, -0.2) is 18.1 Å². The molecule has 3 N–H and O–H groups in total. The van der Waals surface area contributed by atoms with E-state index in [1.807, 2.05) is 0 Å². The van der Waals surface area contributed by atoms with Crippen LogP contribution in [-0.2, 0) is 0 Å². The van der Waals surface area contributed by atoms with E-state index >= 15 is 0 Å². The fourth-order valence-electron chi connectivity index (χ4n) is 3.00. The number of rotatable bonds is 2. The van der Waals surface area contributed by atoms with E-state index in [-0.39, 0.29) is 0 Å². The van der Waals surface area contributed by atoms with Crippen LogP contribution in [0.3, 0.4) is 0 Å². The Hall–Kier alpha value is -0.0800. The van der Waals surface area contributed by atoms with E-state index in [0.29, 0.717) is 12.1 Å². The zero-order valence-electron chi connectivity index (χ0n) is 8.96. The maximum Gasteiger partial charge on any atom is 0.0382 e. The Morgan fingerprint density at radius 3 is 2.62 bits per heavy atom. The number of nitrogens with one attached hydrogen (secondary N) is 1. The molecule has 2 rings (SSSR count). The van der Waals surface area contributed by atoms with Crippen molar-refractivity contribution in [2.45, 2.75) is 51.7 Å². The van der Waals surface area contributed by atoms with Gasteiger partial charge in [0, 0.05) is 18.1 Å². The van der Waals surface area contributed by atoms with Crippen molar-refractivity contribution in [2.75, 3.05) is 0 Å². The van der Waals surface area contributed by atoms with Crippen molar-refractivity contribution in [3.05, 3.63) is 0 Å². The SMILES string of the molecule is CCC1CC(C(C)C)C(N)C2NC12. The van der Waals surface area contributed by atoms with E-state index < -0.39 is 0 Å². The molecule has 2 fully saturated rings. The summed E-state index contributed by atoms with van der Waals surface area (Å²) >= 11 is 0. The molecular formula is C11H22N2. The maximum atomic E-state index is 6.22. The molecule has 0 amide bonds. The van der Waals surface area contributed by atoms with Crippen molar-refractivity contribution in [3.63, 3.8) is 0 Å². The van der Waals surface area contributed by atoms with Crippen LogP contribution in [0.4, 0.5) is 0 Å². The van der Waals surface area contributed by atoms with Gasteiger partial charge in [0.25, 0.3) is 0 Å². The Bertz CT molecular complexity index is 191. The normalized spacial score (nSPS) is 49.2. The van der Waals surface area contributed by atoms with Crippen LogP contribution >= 0.6 is 0 Å². The zero-order chi connectivity index (χ0) is 9.59. The van der Waals surface area contributed by atoms with Gasteiger partial charge in [-0.25, -0.2) is 0 Å². The third-order valence-corrected chi connectivity index (χ3v) is 4.04. The summed E-state index contributed by atoms with van der Waals surface area (Å²) in [6.45, 7) is 6.91. The van der Waals surface area contributed by atoms with Crippen LogP contribution in [0.1, 0.15) is 33.6 Å². The smallest absolute Gasteiger partial charge is 0.0382 e. The van der Waals surface area contributed by atoms with Gasteiger partial charge >= 0.3 is 0 Å². The summed E-state index contributed by atoms with van der Waals surface area (Å²) in [5, 5.41) is 3.54. The highest BCUT2D eigenvalue weighted by molar-refractivity contribution is 5.13. The van der Waals surface area contributed by atoms with Crippen LogP contribution in [0.15, 0.2) is 0 Å². The zero-order valence-corrected chi connectivity index (χ0v) is 8.96. The third-order valence-electron chi connectivity index (χ3n) is 4.04. The fraction of sp³-hybridized carbons (Fsp3) is 1.00. The minimum atomic E-state index is 0.410. The summed E-state index contributed by atoms with van der Waals surface area (Å²) < 4.78 is 0. The Labute approximate surface area is 81.3 Å². The molecule has 76 valence electrons. The van der Waals surface area contributed by atoms with Gasteiger partial charge in [0.2, 0.25) is 0 Å². The molecule has 5 atom stereocenters. The lowest BCUT2D eigenvalue weighted by Gasteiger charge is -2.34. The molecule has 1 heterocycles. The van der Waals surface area contributed by atoms with Crippen LogP contribution in [0.25, 0.3) is 0 Å². The van der Waals surface area contributed by atoms with E-state index in [2.05, 4.69) is 26.1 Å². The van der Waals surface area contributed by atoms with Crippen molar-refractivity contribution in [2.24, 2.45) is 23.5 Å². The first kappa shape index (κ1) is 9.47. The van der Waals surface area contributed by atoms with Crippen LogP contribution in [0.2, 0.25) is 0 Å². The molecule has 1 saturated carbocycles. The molecule has 0 aromatic rings. The van der Waals surface area contributed by atoms with Gasteiger partial charge in [0.05, 0.1) is 0 Å². The lowest BCUT2D eigenvalue weighted by molar-refractivity contribution is 0.211. The van der Waals surface area contributed by atoms with E-state index in [1.54, 1.807) is 0 Å². The summed E-state index contributed by atoms with van der Waals surface area (Å²) in [6, 6.07) is 1.81. The molecule has 2 aliphatic rings. The summed E-state index contributed by atoms with van der Waals surface area (Å²) in [4.78, 5) is 0. The van der Waals surface area contributed by atoms with E-state index in [1.165, 1.54) is 12.8 Å². The second kappa shape index (κ2) is 3.25. The molecule has 5 unspecified atom stereocenters. The highest BCUT2D eigenvalue weighted by atomic mass is 15.2. The average molecular weight is 182 g/mol. The predicted molar refractivity (Wildman–Crippen MR) is 55.4 cm³/mol. The summed E-state index contributed by atoms with van der Waals surface area (Å²) in [7, 11) is 0. The lowest BCUT2D eigenvalue weighted by Crippen LogP contribution is -2.44. The Morgan fingerprint density at radius 2 is 2.08 bits per heavy atom. The highest BCUT2D eigenvalue weighted by Crippen LogP contribution is 2.41. The van der Waals surface area contributed by atoms with Crippen molar-refractivity contribution < 1.29 is 0 Å². The number of nitrogens with two attached hydrogens (primary N) is 1. The first-order valence-electron chi connectivity index (χ1n) is 5.66. The number of hydrogen-bond acceptors (Lipinski definition) is 2. The van der Waals surface area contributed by atoms with Crippen LogP contribution in [0.5, 0.6) is 0 Å². The number of fused-ring (bicyclic) bond motifs is 1. The van der Waals surface area contributed by atoms with Gasteiger partial charge in [-0.3, -0.25) is 0 Å². The largest absolute Gasteiger partial charge is 0.326 e. The molecule has 13 heavy (non-hydrogen) atoms. The van der Waals surface area contributed by atoms with Gasteiger partial charge in [-0.05, 0) is 24.2 Å². The summed E-state index contributed by atoms with van der Waals surface area (Å²) in [5.41, 5.74) is 6.22. The molecule has 0 aromatic heterocycles. The van der Waals surface area contributed by atoms with E-state index in [0.717, 1.165) is 23.8 Å². The average Bonchev–Trinajstić information content (AvgIpc) is 2.84. The standard InChI is InChI=1S/C11H22N2/c1-4-7-5-8(6(2)3)9(12)11-10(7)13-11/h6-11,13H,4-5,12H2,1-3H3. The van der Waals surface area contributed by atoms with Crippen LogP contribution < -0.4 is 11.1 Å². The maximum absolute atomic E-state index is 6.22. The second-order valence-electron chi connectivity index (χ2n) is 5.11. The molecule has 1 aliphatic heterocycles. The third kappa shape index (κ3) is 1.50. The second-order valence-corrected chi connectivity index (χ2v) is 5.11. The van der Waals surface area contributed by atoms with Crippen molar-refractivity contribution in [3.8, 4) is 0 Å². The molecule has 1 aliphatic carbocycles. The van der Waals surface area contributed by atoms with Crippen molar-refractivity contribution >= 4 is 0 Å². The first-order chi connectivity index (χ1) is 6.15. The van der Waals surface area contributed by atoms with Gasteiger partial charge in [-0.2, -0.15) is 0 Å². The molecule has 0 spiro atoms. The lowest BCUT2D eigenvalue weighted by atomic mass is 9.73. The van der Waals surface area contributed by atoms with E-state index in [4.69, 9.17) is 5.73 Å². The molecule has 2 nitrogen and oxygen atoms in total. The summed E-state index contributed by atoms with van der Waals surface area (Å²) in [6.07, 6.45) is 2.65. The topological polar surface area (TPSA) is 48.0 Å². The quantitative estimate of drug-likeness (QED) is 0.633. The van der Waals surface area contributed by atoms with Gasteiger partial charge in [-0.15, -0.1) is 0 Å². The Balaban J connectivity index is 2.04. The Kier molecular flexibility index (Phi) is 2.37.